The minimum absolute atomic E-state index is 0.0130. The lowest BCUT2D eigenvalue weighted by molar-refractivity contribution is -0.123. The Morgan fingerprint density at radius 1 is 1.07 bits per heavy atom. The van der Waals surface area contributed by atoms with Crippen molar-refractivity contribution in [3.8, 4) is 0 Å². The van der Waals surface area contributed by atoms with Crippen molar-refractivity contribution in [3.05, 3.63) is 18.5 Å². The largest absolute Gasteiger partial charge is 0.384 e. The van der Waals surface area contributed by atoms with Crippen molar-refractivity contribution >= 4 is 17.8 Å². The Morgan fingerprint density at radius 2 is 1.71 bits per heavy atom. The number of methoxy groups -OCH3 is 1. The molecular formula is C19H30N6O3. The number of anilines is 1. The van der Waals surface area contributed by atoms with E-state index in [0.717, 1.165) is 51.4 Å². The van der Waals surface area contributed by atoms with Gasteiger partial charge >= 0.3 is 0 Å². The van der Waals surface area contributed by atoms with Crippen LogP contribution >= 0.6 is 0 Å². The number of carbonyl (C=O) groups is 2. The molecule has 1 aliphatic carbocycles. The highest BCUT2D eigenvalue weighted by atomic mass is 16.5. The molecule has 0 bridgehead atoms. The van der Waals surface area contributed by atoms with Crippen LogP contribution in [0, 0.1) is 0 Å². The van der Waals surface area contributed by atoms with Gasteiger partial charge < -0.3 is 20.3 Å². The third kappa shape index (κ3) is 6.13. The summed E-state index contributed by atoms with van der Waals surface area (Å²) < 4.78 is 4.92. The van der Waals surface area contributed by atoms with Gasteiger partial charge in [0.1, 0.15) is 0 Å². The van der Waals surface area contributed by atoms with Crippen LogP contribution in [0.4, 0.5) is 5.95 Å². The van der Waals surface area contributed by atoms with E-state index in [-0.39, 0.29) is 23.9 Å². The van der Waals surface area contributed by atoms with Gasteiger partial charge in [-0.2, -0.15) is 0 Å². The molecule has 0 unspecified atom stereocenters. The molecule has 154 valence electrons. The second kappa shape index (κ2) is 10.3. The third-order valence-electron chi connectivity index (χ3n) is 5.27. The van der Waals surface area contributed by atoms with Crippen LogP contribution in [0.2, 0.25) is 0 Å². The molecule has 0 radical (unpaired) electrons. The molecule has 0 aromatic carbocycles. The SMILES string of the molecule is COCCC(=O)N[C@@H]1CC[C@H](NC(=O)CN2CCN(c3ncccn3)CC2)C1. The number of nitrogens with zero attached hydrogens (tertiary/aromatic N) is 4. The first-order valence-electron chi connectivity index (χ1n) is 9.96. The summed E-state index contributed by atoms with van der Waals surface area (Å²) in [5, 5.41) is 6.14. The average Bonchev–Trinajstić information content (AvgIpc) is 3.14. The second-order valence-electron chi connectivity index (χ2n) is 7.40. The molecule has 0 spiro atoms. The molecule has 28 heavy (non-hydrogen) atoms. The molecule has 1 saturated heterocycles. The molecule has 2 aliphatic rings. The maximum absolute atomic E-state index is 12.4. The van der Waals surface area contributed by atoms with E-state index in [4.69, 9.17) is 4.74 Å². The number of rotatable bonds is 8. The fourth-order valence-electron chi connectivity index (χ4n) is 3.78. The Hall–Kier alpha value is -2.26. The number of ether oxygens (including phenoxy) is 1. The number of piperazine rings is 1. The van der Waals surface area contributed by atoms with Crippen LogP contribution in [0.15, 0.2) is 18.5 Å². The van der Waals surface area contributed by atoms with Crippen LogP contribution < -0.4 is 15.5 Å². The minimum Gasteiger partial charge on any atom is -0.384 e. The van der Waals surface area contributed by atoms with Gasteiger partial charge in [-0.1, -0.05) is 0 Å². The zero-order chi connectivity index (χ0) is 19.8. The summed E-state index contributed by atoms with van der Waals surface area (Å²) >= 11 is 0. The number of carbonyl (C=O) groups excluding carboxylic acids is 2. The van der Waals surface area contributed by atoms with Crippen LogP contribution in [0.3, 0.4) is 0 Å². The van der Waals surface area contributed by atoms with Gasteiger partial charge in [0.25, 0.3) is 0 Å². The van der Waals surface area contributed by atoms with Gasteiger partial charge in [0, 0.05) is 64.2 Å². The molecule has 9 heteroatoms. The van der Waals surface area contributed by atoms with Crippen LogP contribution in [0.1, 0.15) is 25.7 Å². The van der Waals surface area contributed by atoms with Gasteiger partial charge in [0.15, 0.2) is 0 Å². The number of hydrogen-bond donors (Lipinski definition) is 2. The van der Waals surface area contributed by atoms with Crippen molar-refractivity contribution in [1.29, 1.82) is 0 Å². The topological polar surface area (TPSA) is 99.7 Å². The van der Waals surface area contributed by atoms with E-state index >= 15 is 0 Å². The van der Waals surface area contributed by atoms with E-state index in [1.54, 1.807) is 19.5 Å². The minimum atomic E-state index is 0.0130. The van der Waals surface area contributed by atoms with Crippen molar-refractivity contribution in [1.82, 2.24) is 25.5 Å². The van der Waals surface area contributed by atoms with Crippen LogP contribution in [-0.4, -0.2) is 85.2 Å². The number of hydrogen-bond acceptors (Lipinski definition) is 7. The van der Waals surface area contributed by atoms with E-state index < -0.39 is 0 Å². The Morgan fingerprint density at radius 3 is 2.36 bits per heavy atom. The zero-order valence-corrected chi connectivity index (χ0v) is 16.5. The number of aromatic nitrogens is 2. The summed E-state index contributed by atoms with van der Waals surface area (Å²) in [6.45, 7) is 4.10. The molecule has 1 aromatic rings. The van der Waals surface area contributed by atoms with Gasteiger partial charge in [-0.15, -0.1) is 0 Å². The van der Waals surface area contributed by atoms with E-state index in [2.05, 4.69) is 30.4 Å². The van der Waals surface area contributed by atoms with Crippen molar-refractivity contribution in [2.75, 3.05) is 51.3 Å². The number of nitrogens with one attached hydrogen (secondary N) is 2. The normalized spacial score (nSPS) is 22.8. The first-order valence-corrected chi connectivity index (χ1v) is 9.96. The van der Waals surface area contributed by atoms with Crippen molar-refractivity contribution in [2.24, 2.45) is 0 Å². The summed E-state index contributed by atoms with van der Waals surface area (Å²) in [7, 11) is 1.59. The van der Waals surface area contributed by atoms with Crippen molar-refractivity contribution in [3.63, 3.8) is 0 Å². The van der Waals surface area contributed by atoms with Gasteiger partial charge in [-0.25, -0.2) is 9.97 Å². The maximum atomic E-state index is 12.4. The molecule has 1 saturated carbocycles. The Labute approximate surface area is 165 Å². The second-order valence-corrected chi connectivity index (χ2v) is 7.40. The molecule has 2 atom stereocenters. The molecule has 2 heterocycles. The molecule has 2 N–H and O–H groups in total. The fraction of sp³-hybridized carbons (Fsp3) is 0.684. The molecule has 3 rings (SSSR count). The average molecular weight is 390 g/mol. The maximum Gasteiger partial charge on any atom is 0.234 e. The number of amides is 2. The highest BCUT2D eigenvalue weighted by Crippen LogP contribution is 2.19. The molecule has 2 amide bonds. The zero-order valence-electron chi connectivity index (χ0n) is 16.5. The summed E-state index contributed by atoms with van der Waals surface area (Å²) in [5.41, 5.74) is 0. The first kappa shape index (κ1) is 20.5. The lowest BCUT2D eigenvalue weighted by atomic mass is 10.2. The predicted molar refractivity (Wildman–Crippen MR) is 105 cm³/mol. The quantitative estimate of drug-likeness (QED) is 0.633. The fourth-order valence-corrected chi connectivity index (χ4v) is 3.78. The van der Waals surface area contributed by atoms with Gasteiger partial charge in [0.05, 0.1) is 13.2 Å². The standard InChI is InChI=1S/C19H30N6O3/c1-28-12-5-17(26)22-15-3-4-16(13-15)23-18(27)14-24-8-10-25(11-9-24)19-20-6-2-7-21-19/h2,6-7,15-16H,3-5,8-14H2,1H3,(H,22,26)(H,23,27)/t15-,16+/m1/s1. The van der Waals surface area contributed by atoms with E-state index in [1.165, 1.54) is 0 Å². The third-order valence-corrected chi connectivity index (χ3v) is 5.27. The Kier molecular flexibility index (Phi) is 7.55. The summed E-state index contributed by atoms with van der Waals surface area (Å²) in [5.74, 6) is 0.816. The summed E-state index contributed by atoms with van der Waals surface area (Å²) in [6.07, 6.45) is 6.47. The molecular weight excluding hydrogens is 360 g/mol. The Balaban J connectivity index is 1.33. The van der Waals surface area contributed by atoms with Crippen LogP contribution in [0.25, 0.3) is 0 Å². The van der Waals surface area contributed by atoms with Gasteiger partial charge in [-0.3, -0.25) is 14.5 Å². The molecule has 2 fully saturated rings. The van der Waals surface area contributed by atoms with Crippen LogP contribution in [0.5, 0.6) is 0 Å². The van der Waals surface area contributed by atoms with E-state index in [9.17, 15) is 9.59 Å². The Bertz CT molecular complexity index is 636. The van der Waals surface area contributed by atoms with Crippen LogP contribution in [-0.2, 0) is 14.3 Å². The monoisotopic (exact) mass is 390 g/mol. The molecule has 9 nitrogen and oxygen atoms in total. The van der Waals surface area contributed by atoms with E-state index in [1.807, 2.05) is 6.07 Å². The highest BCUT2D eigenvalue weighted by Gasteiger charge is 2.28. The first-order chi connectivity index (χ1) is 13.6. The molecule has 1 aromatic heterocycles. The molecule has 1 aliphatic heterocycles. The summed E-state index contributed by atoms with van der Waals surface area (Å²) in [4.78, 5) is 37.0. The van der Waals surface area contributed by atoms with Gasteiger partial charge in [-0.05, 0) is 25.3 Å². The lowest BCUT2D eigenvalue weighted by Gasteiger charge is -2.34. The van der Waals surface area contributed by atoms with Crippen molar-refractivity contribution in [2.45, 2.75) is 37.8 Å². The lowest BCUT2D eigenvalue weighted by Crippen LogP contribution is -2.50. The smallest absolute Gasteiger partial charge is 0.234 e. The highest BCUT2D eigenvalue weighted by molar-refractivity contribution is 5.78. The van der Waals surface area contributed by atoms with Gasteiger partial charge in [0.2, 0.25) is 17.8 Å². The van der Waals surface area contributed by atoms with E-state index in [0.29, 0.717) is 19.6 Å². The predicted octanol–water partition coefficient (Wildman–Crippen LogP) is -0.211. The summed E-state index contributed by atoms with van der Waals surface area (Å²) in [6, 6.07) is 2.09. The van der Waals surface area contributed by atoms with Crippen molar-refractivity contribution < 1.29 is 14.3 Å².